The number of ether oxygens (including phenoxy) is 2. The van der Waals surface area contributed by atoms with Crippen LogP contribution in [0.2, 0.25) is 0 Å². The standard InChI is InChI=1S/C21H29F3N2O3/c22-20(23,24)21(28-17-14-10-11-15-18(17)29-21)26-19(27)25-16-12-8-6-4-2-1-3-5-7-9-13-16/h10-11,14-16H,1-9,12-13H2,(H2,25,26,27). The molecule has 1 heterocycles. The molecule has 29 heavy (non-hydrogen) atoms. The van der Waals surface area contributed by atoms with Gasteiger partial charge in [0.15, 0.2) is 11.5 Å². The van der Waals surface area contributed by atoms with Crippen molar-refractivity contribution in [3.63, 3.8) is 0 Å². The summed E-state index contributed by atoms with van der Waals surface area (Å²) in [5, 5.41) is 4.60. The Morgan fingerprint density at radius 1 is 0.862 bits per heavy atom. The van der Waals surface area contributed by atoms with Gasteiger partial charge in [-0.1, -0.05) is 69.9 Å². The first-order valence-electron chi connectivity index (χ1n) is 10.5. The van der Waals surface area contributed by atoms with Gasteiger partial charge in [-0.2, -0.15) is 13.2 Å². The average Bonchev–Trinajstić information content (AvgIpc) is 3.03. The molecule has 2 aliphatic rings. The van der Waals surface area contributed by atoms with E-state index in [9.17, 15) is 18.0 Å². The number of nitrogens with one attached hydrogen (secondary N) is 2. The van der Waals surface area contributed by atoms with Crippen molar-refractivity contribution in [3.8, 4) is 11.5 Å². The molecule has 3 rings (SSSR count). The van der Waals surface area contributed by atoms with Crippen LogP contribution in [0.15, 0.2) is 24.3 Å². The summed E-state index contributed by atoms with van der Waals surface area (Å²) in [6.07, 6.45) is 6.67. The average molecular weight is 414 g/mol. The van der Waals surface area contributed by atoms with Crippen molar-refractivity contribution in [2.45, 2.75) is 88.8 Å². The molecule has 1 fully saturated rings. The number of urea groups is 1. The zero-order valence-corrected chi connectivity index (χ0v) is 16.5. The van der Waals surface area contributed by atoms with E-state index in [1.807, 2.05) is 5.32 Å². The molecule has 1 aliphatic carbocycles. The second-order valence-electron chi connectivity index (χ2n) is 7.82. The van der Waals surface area contributed by atoms with Gasteiger partial charge in [0.1, 0.15) is 0 Å². The maximum atomic E-state index is 13.7. The van der Waals surface area contributed by atoms with Crippen molar-refractivity contribution < 1.29 is 27.4 Å². The van der Waals surface area contributed by atoms with Gasteiger partial charge in [-0.15, -0.1) is 0 Å². The number of carbonyl (C=O) groups excluding carboxylic acids is 1. The van der Waals surface area contributed by atoms with Crippen molar-refractivity contribution >= 4 is 6.03 Å². The number of fused-ring (bicyclic) bond motifs is 1. The van der Waals surface area contributed by atoms with E-state index in [2.05, 4.69) is 5.32 Å². The van der Waals surface area contributed by atoms with Gasteiger partial charge < -0.3 is 14.8 Å². The molecule has 1 aromatic carbocycles. The predicted octanol–water partition coefficient (Wildman–Crippen LogP) is 5.65. The Hall–Kier alpha value is -2.12. The maximum Gasteiger partial charge on any atom is 0.492 e. The van der Waals surface area contributed by atoms with Crippen molar-refractivity contribution in [2.75, 3.05) is 0 Å². The Balaban J connectivity index is 1.62. The summed E-state index contributed by atoms with van der Waals surface area (Å²) in [7, 11) is 0. The molecule has 0 saturated heterocycles. The fourth-order valence-electron chi connectivity index (χ4n) is 3.87. The minimum Gasteiger partial charge on any atom is -0.424 e. The van der Waals surface area contributed by atoms with E-state index in [1.165, 1.54) is 31.4 Å². The van der Waals surface area contributed by atoms with Crippen molar-refractivity contribution in [3.05, 3.63) is 24.3 Å². The molecular weight excluding hydrogens is 385 g/mol. The molecule has 0 radical (unpaired) electrons. The normalized spacial score (nSPS) is 20.9. The number of amides is 2. The summed E-state index contributed by atoms with van der Waals surface area (Å²) in [6, 6.07) is 4.72. The molecule has 5 nitrogen and oxygen atoms in total. The van der Waals surface area contributed by atoms with Gasteiger partial charge in [0.2, 0.25) is 0 Å². The first-order valence-corrected chi connectivity index (χ1v) is 10.5. The Morgan fingerprint density at radius 2 is 1.31 bits per heavy atom. The predicted molar refractivity (Wildman–Crippen MR) is 103 cm³/mol. The van der Waals surface area contributed by atoms with Crippen LogP contribution in [0.1, 0.15) is 70.6 Å². The second kappa shape index (κ2) is 9.59. The smallest absolute Gasteiger partial charge is 0.424 e. The van der Waals surface area contributed by atoms with Crippen LogP contribution in [0, 0.1) is 0 Å². The number of rotatable bonds is 2. The van der Waals surface area contributed by atoms with Crippen LogP contribution in [0.3, 0.4) is 0 Å². The molecule has 0 bridgehead atoms. The largest absolute Gasteiger partial charge is 0.492 e. The summed E-state index contributed by atoms with van der Waals surface area (Å²) >= 11 is 0. The Labute approximate surface area is 169 Å². The molecule has 0 unspecified atom stereocenters. The fourth-order valence-corrected chi connectivity index (χ4v) is 3.87. The number of benzene rings is 1. The topological polar surface area (TPSA) is 59.6 Å². The third-order valence-corrected chi connectivity index (χ3v) is 5.45. The van der Waals surface area contributed by atoms with E-state index in [1.54, 1.807) is 12.1 Å². The van der Waals surface area contributed by atoms with Crippen molar-refractivity contribution in [1.29, 1.82) is 0 Å². The molecule has 2 amide bonds. The number of alkyl halides is 3. The zero-order chi connectivity index (χ0) is 20.7. The first-order chi connectivity index (χ1) is 13.9. The van der Waals surface area contributed by atoms with E-state index in [-0.39, 0.29) is 17.5 Å². The highest BCUT2D eigenvalue weighted by atomic mass is 19.4. The second-order valence-corrected chi connectivity index (χ2v) is 7.82. The van der Waals surface area contributed by atoms with Gasteiger partial charge in [0.25, 0.3) is 0 Å². The summed E-state index contributed by atoms with van der Waals surface area (Å²) in [6.45, 7) is 0. The Kier molecular flexibility index (Phi) is 7.14. The van der Waals surface area contributed by atoms with Crippen LogP contribution in [-0.4, -0.2) is 24.2 Å². The van der Waals surface area contributed by atoms with E-state index in [0.29, 0.717) is 0 Å². The highest BCUT2D eigenvalue weighted by Crippen LogP contribution is 2.44. The SMILES string of the molecule is O=C(NC1CCCCCCCCCCC1)NC1(C(F)(F)F)Oc2ccccc2O1. The molecule has 0 spiro atoms. The van der Waals surface area contributed by atoms with E-state index < -0.39 is 18.1 Å². The first kappa shape index (κ1) is 21.6. The van der Waals surface area contributed by atoms with Crippen LogP contribution in [0.5, 0.6) is 11.5 Å². The summed E-state index contributed by atoms with van der Waals surface area (Å²) in [5.74, 6) is -3.33. The number of para-hydroxylation sites is 2. The summed E-state index contributed by atoms with van der Waals surface area (Å²) < 4.78 is 51.2. The molecule has 162 valence electrons. The molecule has 1 aliphatic heterocycles. The van der Waals surface area contributed by atoms with Crippen LogP contribution < -0.4 is 20.1 Å². The lowest BCUT2D eigenvalue weighted by atomic mass is 9.98. The van der Waals surface area contributed by atoms with E-state index in [0.717, 1.165) is 51.4 Å². The number of hydrogen-bond donors (Lipinski definition) is 2. The van der Waals surface area contributed by atoms with Crippen molar-refractivity contribution in [2.24, 2.45) is 0 Å². The number of halogens is 3. The molecule has 8 heteroatoms. The van der Waals surface area contributed by atoms with Gasteiger partial charge in [-0.25, -0.2) is 4.79 Å². The fraction of sp³-hybridized carbons (Fsp3) is 0.667. The molecule has 2 N–H and O–H groups in total. The highest BCUT2D eigenvalue weighted by Gasteiger charge is 2.65. The molecule has 1 aromatic rings. The summed E-state index contributed by atoms with van der Waals surface area (Å²) in [5.41, 5.74) is 0. The van der Waals surface area contributed by atoms with Gasteiger partial charge in [0, 0.05) is 6.04 Å². The minimum atomic E-state index is -4.95. The Bertz CT molecular complexity index is 644. The van der Waals surface area contributed by atoms with Gasteiger partial charge in [-0.3, -0.25) is 5.32 Å². The van der Waals surface area contributed by atoms with Crippen LogP contribution in [0.4, 0.5) is 18.0 Å². The van der Waals surface area contributed by atoms with Gasteiger partial charge in [0.05, 0.1) is 0 Å². The van der Waals surface area contributed by atoms with Crippen LogP contribution in [-0.2, 0) is 0 Å². The molecular formula is C21H29F3N2O3. The lowest BCUT2D eigenvalue weighted by Gasteiger charge is -2.30. The van der Waals surface area contributed by atoms with Gasteiger partial charge >= 0.3 is 18.1 Å². The molecule has 1 saturated carbocycles. The van der Waals surface area contributed by atoms with Crippen molar-refractivity contribution in [1.82, 2.24) is 10.6 Å². The quantitative estimate of drug-likeness (QED) is 0.658. The van der Waals surface area contributed by atoms with Crippen LogP contribution in [0.25, 0.3) is 0 Å². The highest BCUT2D eigenvalue weighted by molar-refractivity contribution is 5.75. The molecule has 0 aromatic heterocycles. The third-order valence-electron chi connectivity index (χ3n) is 5.45. The number of carbonyl (C=O) groups is 1. The molecule has 0 atom stereocenters. The van der Waals surface area contributed by atoms with Crippen LogP contribution >= 0.6 is 0 Å². The Morgan fingerprint density at radius 3 is 1.76 bits per heavy atom. The zero-order valence-electron chi connectivity index (χ0n) is 16.5. The lowest BCUT2D eigenvalue weighted by Crippen LogP contribution is -2.66. The number of hydrogen-bond acceptors (Lipinski definition) is 3. The summed E-state index contributed by atoms with van der Waals surface area (Å²) in [4.78, 5) is 12.5. The van der Waals surface area contributed by atoms with Gasteiger partial charge in [-0.05, 0) is 25.0 Å². The van der Waals surface area contributed by atoms with E-state index >= 15 is 0 Å². The van der Waals surface area contributed by atoms with E-state index in [4.69, 9.17) is 9.47 Å². The maximum absolute atomic E-state index is 13.7. The lowest BCUT2D eigenvalue weighted by molar-refractivity contribution is -0.317. The third kappa shape index (κ3) is 5.70. The minimum absolute atomic E-state index is 0.0591. The monoisotopic (exact) mass is 414 g/mol.